The Morgan fingerprint density at radius 2 is 2.35 bits per heavy atom. The van der Waals surface area contributed by atoms with E-state index in [9.17, 15) is 4.79 Å². The number of carbonyl (C=O) groups excluding carboxylic acids is 1. The number of nitrogens with one attached hydrogen (secondary N) is 2. The van der Waals surface area contributed by atoms with Gasteiger partial charge in [0, 0.05) is 18.2 Å². The molecule has 0 bridgehead atoms. The minimum Gasteiger partial charge on any atom is -0.469 e. The van der Waals surface area contributed by atoms with Crippen LogP contribution >= 0.6 is 11.6 Å². The number of benzene rings is 1. The van der Waals surface area contributed by atoms with Gasteiger partial charge in [0.05, 0.1) is 23.4 Å². The van der Waals surface area contributed by atoms with Crippen molar-refractivity contribution in [2.75, 3.05) is 10.6 Å². The molecule has 0 fully saturated rings. The molecule has 0 spiro atoms. The number of fused-ring (bicyclic) bond motifs is 1. The monoisotopic (exact) mass is 290 g/mol. The van der Waals surface area contributed by atoms with E-state index in [1.165, 1.54) is 0 Å². The Balaban J connectivity index is 1.74. The number of carbonyl (C=O) groups is 1. The smallest absolute Gasteiger partial charge is 0.228 e. The summed E-state index contributed by atoms with van der Waals surface area (Å²) in [5.74, 6) is 0.941. The van der Waals surface area contributed by atoms with Crippen LogP contribution in [0.4, 0.5) is 11.4 Å². The van der Waals surface area contributed by atoms with E-state index < -0.39 is 0 Å². The van der Waals surface area contributed by atoms with Gasteiger partial charge >= 0.3 is 0 Å². The molecule has 1 unspecified atom stereocenters. The summed E-state index contributed by atoms with van der Waals surface area (Å²) in [5.41, 5.74) is 2.64. The third kappa shape index (κ3) is 2.65. The Morgan fingerprint density at radius 1 is 1.50 bits per heavy atom. The predicted molar refractivity (Wildman–Crippen MR) is 79.3 cm³/mol. The lowest BCUT2D eigenvalue weighted by Crippen LogP contribution is -2.18. The molecule has 104 valence electrons. The standard InChI is InChI=1S/C15H15ClN2O2/c1-9(5-11-3-2-4-20-11)17-14-6-10-7-15(19)18-13(10)8-12(14)16/h2-4,6,8-9,17H,5,7H2,1H3,(H,18,19). The molecular weight excluding hydrogens is 276 g/mol. The van der Waals surface area contributed by atoms with Gasteiger partial charge < -0.3 is 15.1 Å². The van der Waals surface area contributed by atoms with Gasteiger partial charge in [-0.1, -0.05) is 11.6 Å². The van der Waals surface area contributed by atoms with Gasteiger partial charge in [-0.05, 0) is 36.8 Å². The first-order chi connectivity index (χ1) is 9.61. The van der Waals surface area contributed by atoms with Crippen LogP contribution in [-0.4, -0.2) is 11.9 Å². The van der Waals surface area contributed by atoms with Crippen LogP contribution in [0.1, 0.15) is 18.2 Å². The van der Waals surface area contributed by atoms with Crippen LogP contribution in [0.5, 0.6) is 0 Å². The number of anilines is 2. The maximum Gasteiger partial charge on any atom is 0.228 e. The van der Waals surface area contributed by atoms with Gasteiger partial charge in [0.15, 0.2) is 0 Å². The van der Waals surface area contributed by atoms with E-state index in [1.54, 1.807) is 12.3 Å². The third-order valence-corrected chi connectivity index (χ3v) is 3.62. The molecule has 2 N–H and O–H groups in total. The predicted octanol–water partition coefficient (Wildman–Crippen LogP) is 3.47. The van der Waals surface area contributed by atoms with Crippen LogP contribution in [0.3, 0.4) is 0 Å². The number of halogens is 1. The minimum atomic E-state index is 0.0110. The van der Waals surface area contributed by atoms with Crippen molar-refractivity contribution in [1.82, 2.24) is 0 Å². The van der Waals surface area contributed by atoms with Crippen molar-refractivity contribution in [3.8, 4) is 0 Å². The zero-order valence-electron chi connectivity index (χ0n) is 11.1. The van der Waals surface area contributed by atoms with Gasteiger partial charge in [-0.3, -0.25) is 4.79 Å². The maximum atomic E-state index is 11.4. The molecule has 3 rings (SSSR count). The highest BCUT2D eigenvalue weighted by atomic mass is 35.5. The molecule has 0 saturated carbocycles. The molecule has 2 aromatic rings. The Kier molecular flexibility index (Phi) is 3.40. The van der Waals surface area contributed by atoms with Crippen LogP contribution < -0.4 is 10.6 Å². The fourth-order valence-corrected chi connectivity index (χ4v) is 2.62. The van der Waals surface area contributed by atoms with Crippen molar-refractivity contribution in [3.05, 3.63) is 46.9 Å². The lowest BCUT2D eigenvalue weighted by molar-refractivity contribution is -0.115. The van der Waals surface area contributed by atoms with Gasteiger partial charge in [0.1, 0.15) is 5.76 Å². The topological polar surface area (TPSA) is 54.3 Å². The SMILES string of the molecule is CC(Cc1ccco1)Nc1cc2c(cc1Cl)NC(=O)C2. The maximum absolute atomic E-state index is 11.4. The highest BCUT2D eigenvalue weighted by Gasteiger charge is 2.20. The van der Waals surface area contributed by atoms with Gasteiger partial charge in [0.25, 0.3) is 0 Å². The fourth-order valence-electron chi connectivity index (χ4n) is 2.41. The van der Waals surface area contributed by atoms with E-state index in [2.05, 4.69) is 17.6 Å². The van der Waals surface area contributed by atoms with Crippen LogP contribution in [0.25, 0.3) is 0 Å². The largest absolute Gasteiger partial charge is 0.469 e. The van der Waals surface area contributed by atoms with Crippen LogP contribution in [0.15, 0.2) is 34.9 Å². The summed E-state index contributed by atoms with van der Waals surface area (Å²) in [6, 6.07) is 7.74. The molecule has 0 saturated heterocycles. The summed E-state index contributed by atoms with van der Waals surface area (Å²) in [4.78, 5) is 11.4. The first-order valence-corrected chi connectivity index (χ1v) is 6.91. The second-order valence-electron chi connectivity index (χ2n) is 5.04. The molecule has 5 heteroatoms. The molecule has 2 heterocycles. The molecule has 1 aliphatic heterocycles. The summed E-state index contributed by atoms with van der Waals surface area (Å²) >= 11 is 6.24. The fraction of sp³-hybridized carbons (Fsp3) is 0.267. The highest BCUT2D eigenvalue weighted by molar-refractivity contribution is 6.33. The molecule has 1 aromatic carbocycles. The zero-order chi connectivity index (χ0) is 14.1. The number of hydrogen-bond acceptors (Lipinski definition) is 3. The minimum absolute atomic E-state index is 0.0110. The van der Waals surface area contributed by atoms with E-state index in [0.717, 1.165) is 29.1 Å². The second-order valence-corrected chi connectivity index (χ2v) is 5.45. The molecule has 1 atom stereocenters. The van der Waals surface area contributed by atoms with Crippen molar-refractivity contribution in [2.24, 2.45) is 0 Å². The molecular formula is C15H15ClN2O2. The van der Waals surface area contributed by atoms with Gasteiger partial charge in [-0.25, -0.2) is 0 Å². The van der Waals surface area contributed by atoms with E-state index in [-0.39, 0.29) is 11.9 Å². The van der Waals surface area contributed by atoms with Crippen molar-refractivity contribution in [2.45, 2.75) is 25.8 Å². The Labute approximate surface area is 122 Å². The molecule has 1 aliphatic rings. The molecule has 0 aliphatic carbocycles. The Morgan fingerprint density at radius 3 is 3.10 bits per heavy atom. The second kappa shape index (κ2) is 5.21. The summed E-state index contributed by atoms with van der Waals surface area (Å²) < 4.78 is 5.33. The number of hydrogen-bond donors (Lipinski definition) is 2. The van der Waals surface area contributed by atoms with Crippen molar-refractivity contribution in [1.29, 1.82) is 0 Å². The van der Waals surface area contributed by atoms with Crippen molar-refractivity contribution >= 4 is 28.9 Å². The van der Waals surface area contributed by atoms with E-state index in [1.807, 2.05) is 18.2 Å². The summed E-state index contributed by atoms with van der Waals surface area (Å²) in [7, 11) is 0. The summed E-state index contributed by atoms with van der Waals surface area (Å²) in [6.45, 7) is 2.06. The van der Waals surface area contributed by atoms with Crippen molar-refractivity contribution < 1.29 is 9.21 Å². The van der Waals surface area contributed by atoms with E-state index in [0.29, 0.717) is 11.4 Å². The molecule has 4 nitrogen and oxygen atoms in total. The number of rotatable bonds is 4. The van der Waals surface area contributed by atoms with Crippen molar-refractivity contribution in [3.63, 3.8) is 0 Å². The van der Waals surface area contributed by atoms with Crippen LogP contribution in [-0.2, 0) is 17.6 Å². The first kappa shape index (κ1) is 13.1. The zero-order valence-corrected chi connectivity index (χ0v) is 11.8. The lowest BCUT2D eigenvalue weighted by Gasteiger charge is -2.16. The van der Waals surface area contributed by atoms with Crippen LogP contribution in [0.2, 0.25) is 5.02 Å². The molecule has 1 aromatic heterocycles. The van der Waals surface area contributed by atoms with E-state index >= 15 is 0 Å². The molecule has 1 amide bonds. The molecule has 20 heavy (non-hydrogen) atoms. The summed E-state index contributed by atoms with van der Waals surface area (Å²) in [5, 5.41) is 6.76. The third-order valence-electron chi connectivity index (χ3n) is 3.31. The average Bonchev–Trinajstić information content (AvgIpc) is 2.98. The first-order valence-electron chi connectivity index (χ1n) is 6.53. The number of amides is 1. The Hall–Kier alpha value is -1.94. The van der Waals surface area contributed by atoms with Crippen LogP contribution in [0, 0.1) is 0 Å². The molecule has 0 radical (unpaired) electrons. The van der Waals surface area contributed by atoms with Gasteiger partial charge in [-0.15, -0.1) is 0 Å². The quantitative estimate of drug-likeness (QED) is 0.906. The normalized spacial score (nSPS) is 14.8. The van der Waals surface area contributed by atoms with Gasteiger partial charge in [0.2, 0.25) is 5.91 Å². The lowest BCUT2D eigenvalue weighted by atomic mass is 10.1. The van der Waals surface area contributed by atoms with Gasteiger partial charge in [-0.2, -0.15) is 0 Å². The number of furan rings is 1. The highest BCUT2D eigenvalue weighted by Crippen LogP contribution is 2.33. The summed E-state index contributed by atoms with van der Waals surface area (Å²) in [6.07, 6.45) is 2.85. The average molecular weight is 291 g/mol. The Bertz CT molecular complexity index is 638. The van der Waals surface area contributed by atoms with E-state index in [4.69, 9.17) is 16.0 Å².